The lowest BCUT2D eigenvalue weighted by Crippen LogP contribution is -2.22. The van der Waals surface area contributed by atoms with Crippen LogP contribution in [0.1, 0.15) is 40.4 Å². The molecule has 1 unspecified atom stereocenters. The lowest BCUT2D eigenvalue weighted by atomic mass is 10.0. The van der Waals surface area contributed by atoms with Crippen LogP contribution in [0.15, 0.2) is 66.7 Å². The Morgan fingerprint density at radius 2 is 1.87 bits per heavy atom. The predicted octanol–water partition coefficient (Wildman–Crippen LogP) is 5.73. The van der Waals surface area contributed by atoms with Crippen molar-refractivity contribution < 1.29 is 19.1 Å². The minimum absolute atomic E-state index is 0.00329. The first-order valence-corrected chi connectivity index (χ1v) is 10.4. The van der Waals surface area contributed by atoms with Gasteiger partial charge in [-0.15, -0.1) is 0 Å². The Hall–Kier alpha value is -2.93. The fourth-order valence-corrected chi connectivity index (χ4v) is 4.02. The van der Waals surface area contributed by atoms with Gasteiger partial charge in [0, 0.05) is 23.2 Å². The average molecular weight is 441 g/mol. The molecule has 1 aliphatic rings. The van der Waals surface area contributed by atoms with Crippen molar-refractivity contribution in [1.82, 2.24) is 10.4 Å². The highest BCUT2D eigenvalue weighted by atomic mass is 35.5. The molecule has 160 valence electrons. The summed E-state index contributed by atoms with van der Waals surface area (Å²) in [6.45, 7) is 1.84. The molecule has 1 aliphatic heterocycles. The highest BCUT2D eigenvalue weighted by molar-refractivity contribution is 6.30. The Labute approximate surface area is 185 Å². The molecule has 31 heavy (non-hydrogen) atoms. The van der Waals surface area contributed by atoms with Crippen molar-refractivity contribution in [3.63, 3.8) is 0 Å². The third kappa shape index (κ3) is 5.05. The number of nitrogens with one attached hydrogen (secondary N) is 1. The number of carbonyl (C=O) groups is 1. The third-order valence-corrected chi connectivity index (χ3v) is 5.70. The van der Waals surface area contributed by atoms with Gasteiger partial charge in [-0.2, -0.15) is 0 Å². The maximum atomic E-state index is 14.2. The number of hydrogen-bond donors (Lipinski definition) is 2. The first-order valence-electron chi connectivity index (χ1n) is 10.0. The summed E-state index contributed by atoms with van der Waals surface area (Å²) in [5.74, 6) is -0.969. The third-order valence-electron chi connectivity index (χ3n) is 5.45. The van der Waals surface area contributed by atoms with E-state index >= 15 is 0 Å². The van der Waals surface area contributed by atoms with Gasteiger partial charge in [0.1, 0.15) is 5.75 Å². The second-order valence-electron chi connectivity index (χ2n) is 7.51. The summed E-state index contributed by atoms with van der Waals surface area (Å²) in [5, 5.41) is 9.38. The molecule has 0 saturated carbocycles. The van der Waals surface area contributed by atoms with Crippen molar-refractivity contribution in [3.05, 3.63) is 94.3 Å². The number of amides is 1. The van der Waals surface area contributed by atoms with Crippen LogP contribution in [-0.2, 0) is 6.54 Å². The zero-order valence-corrected chi connectivity index (χ0v) is 17.5. The van der Waals surface area contributed by atoms with Gasteiger partial charge >= 0.3 is 0 Å². The Morgan fingerprint density at radius 3 is 2.55 bits per heavy atom. The maximum Gasteiger partial charge on any atom is 0.274 e. The SMILES string of the molecule is O=C(NO)c1ccc(Oc2ccc(CN3CCCC3c3ccc(Cl)cc3)cc2)c(F)c1. The number of rotatable bonds is 6. The fraction of sp³-hybridized carbons (Fsp3) is 0.208. The molecule has 3 aromatic carbocycles. The van der Waals surface area contributed by atoms with Crippen molar-refractivity contribution >= 4 is 17.5 Å². The Kier molecular flexibility index (Phi) is 6.51. The molecular weight excluding hydrogens is 419 g/mol. The quantitative estimate of drug-likeness (QED) is 0.379. The molecule has 7 heteroatoms. The van der Waals surface area contributed by atoms with E-state index in [2.05, 4.69) is 17.0 Å². The van der Waals surface area contributed by atoms with Crippen LogP contribution in [-0.4, -0.2) is 22.6 Å². The normalized spacial score (nSPS) is 16.3. The molecule has 1 amide bonds. The number of benzene rings is 3. The van der Waals surface area contributed by atoms with E-state index in [0.717, 1.165) is 42.6 Å². The average Bonchev–Trinajstić information content (AvgIpc) is 3.24. The van der Waals surface area contributed by atoms with Crippen molar-refractivity contribution in [2.24, 2.45) is 0 Å². The number of hydrogen-bond acceptors (Lipinski definition) is 4. The molecule has 1 heterocycles. The lowest BCUT2D eigenvalue weighted by molar-refractivity contribution is 0.0706. The van der Waals surface area contributed by atoms with Crippen molar-refractivity contribution in [2.45, 2.75) is 25.4 Å². The van der Waals surface area contributed by atoms with Gasteiger partial charge in [0.2, 0.25) is 0 Å². The number of ether oxygens (including phenoxy) is 1. The highest BCUT2D eigenvalue weighted by Crippen LogP contribution is 2.34. The van der Waals surface area contributed by atoms with E-state index in [0.29, 0.717) is 11.8 Å². The summed E-state index contributed by atoms with van der Waals surface area (Å²) in [5.41, 5.74) is 3.89. The second-order valence-corrected chi connectivity index (χ2v) is 7.95. The smallest absolute Gasteiger partial charge is 0.274 e. The molecule has 0 bridgehead atoms. The molecule has 0 spiro atoms. The van der Waals surface area contributed by atoms with Crippen molar-refractivity contribution in [2.75, 3.05) is 6.54 Å². The molecule has 0 aromatic heterocycles. The standard InChI is InChI=1S/C24H22ClFN2O3/c25-19-8-5-17(6-9-19)22-2-1-13-28(22)15-16-3-10-20(11-4-16)31-23-12-7-18(14-21(23)26)24(29)27-30/h3-12,14,22,30H,1-2,13,15H2,(H,27,29). The number of carbonyl (C=O) groups excluding carboxylic acids is 1. The molecule has 2 N–H and O–H groups in total. The lowest BCUT2D eigenvalue weighted by Gasteiger charge is -2.25. The van der Waals surface area contributed by atoms with Crippen LogP contribution in [0.5, 0.6) is 11.5 Å². The van der Waals surface area contributed by atoms with E-state index in [4.69, 9.17) is 21.5 Å². The molecule has 1 atom stereocenters. The Morgan fingerprint density at radius 1 is 1.13 bits per heavy atom. The highest BCUT2D eigenvalue weighted by Gasteiger charge is 2.25. The molecule has 3 aromatic rings. The van der Waals surface area contributed by atoms with Crippen molar-refractivity contribution in [3.8, 4) is 11.5 Å². The van der Waals surface area contributed by atoms with Gasteiger partial charge in [-0.3, -0.25) is 14.9 Å². The number of hydroxylamine groups is 1. The van der Waals surface area contributed by atoms with Gasteiger partial charge in [-0.1, -0.05) is 35.9 Å². The summed E-state index contributed by atoms with van der Waals surface area (Å²) in [7, 11) is 0. The van der Waals surface area contributed by atoms with Crippen LogP contribution >= 0.6 is 11.6 Å². The van der Waals surface area contributed by atoms with Crippen LogP contribution in [0, 0.1) is 5.82 Å². The van der Waals surface area contributed by atoms with Gasteiger partial charge in [0.05, 0.1) is 0 Å². The van der Waals surface area contributed by atoms with Gasteiger partial charge < -0.3 is 4.74 Å². The summed E-state index contributed by atoms with van der Waals surface area (Å²) < 4.78 is 19.8. The van der Waals surface area contributed by atoms with Gasteiger partial charge in [-0.25, -0.2) is 9.87 Å². The first-order chi connectivity index (χ1) is 15.0. The minimum atomic E-state index is -0.784. The van der Waals surface area contributed by atoms with Gasteiger partial charge in [0.25, 0.3) is 5.91 Å². The minimum Gasteiger partial charge on any atom is -0.454 e. The largest absolute Gasteiger partial charge is 0.454 e. The molecule has 1 fully saturated rings. The van der Waals surface area contributed by atoms with E-state index in [-0.39, 0.29) is 11.3 Å². The second kappa shape index (κ2) is 9.47. The molecular formula is C24H22ClFN2O3. The monoisotopic (exact) mass is 440 g/mol. The predicted molar refractivity (Wildman–Crippen MR) is 116 cm³/mol. The molecule has 0 radical (unpaired) electrons. The Bertz CT molecular complexity index is 1060. The summed E-state index contributed by atoms with van der Waals surface area (Å²) in [6, 6.07) is 19.7. The van der Waals surface area contributed by atoms with E-state index < -0.39 is 11.7 Å². The van der Waals surface area contributed by atoms with Crippen LogP contribution in [0.4, 0.5) is 4.39 Å². The first kappa shape index (κ1) is 21.3. The number of likely N-dealkylation sites (tertiary alicyclic amines) is 1. The number of halogens is 2. The number of nitrogens with zero attached hydrogens (tertiary/aromatic N) is 1. The molecule has 1 saturated heterocycles. The van der Waals surface area contributed by atoms with E-state index in [9.17, 15) is 9.18 Å². The molecule has 4 rings (SSSR count). The van der Waals surface area contributed by atoms with Gasteiger partial charge in [-0.05, 0) is 73.0 Å². The van der Waals surface area contributed by atoms with Crippen LogP contribution < -0.4 is 10.2 Å². The zero-order valence-electron chi connectivity index (χ0n) is 16.7. The van der Waals surface area contributed by atoms with E-state index in [1.54, 1.807) is 12.1 Å². The van der Waals surface area contributed by atoms with Crippen LogP contribution in [0.2, 0.25) is 5.02 Å². The van der Waals surface area contributed by atoms with Gasteiger partial charge in [0.15, 0.2) is 11.6 Å². The van der Waals surface area contributed by atoms with E-state index in [1.165, 1.54) is 23.2 Å². The summed E-state index contributed by atoms with van der Waals surface area (Å²) >= 11 is 6.02. The summed E-state index contributed by atoms with van der Waals surface area (Å²) in [4.78, 5) is 13.8. The maximum absolute atomic E-state index is 14.2. The Balaban J connectivity index is 1.41. The topological polar surface area (TPSA) is 61.8 Å². The summed E-state index contributed by atoms with van der Waals surface area (Å²) in [6.07, 6.45) is 2.27. The molecule has 0 aliphatic carbocycles. The van der Waals surface area contributed by atoms with Crippen LogP contribution in [0.25, 0.3) is 0 Å². The van der Waals surface area contributed by atoms with Crippen LogP contribution in [0.3, 0.4) is 0 Å². The van der Waals surface area contributed by atoms with E-state index in [1.807, 2.05) is 24.3 Å². The fourth-order valence-electron chi connectivity index (χ4n) is 3.89. The van der Waals surface area contributed by atoms with Crippen molar-refractivity contribution in [1.29, 1.82) is 0 Å². The molecule has 5 nitrogen and oxygen atoms in total. The zero-order chi connectivity index (χ0) is 21.8.